The average molecular weight is 630 g/mol. The van der Waals surface area contributed by atoms with Gasteiger partial charge in [0.05, 0.1) is 0 Å². The molecule has 0 aromatic carbocycles. The molecule has 0 radical (unpaired) electrons. The van der Waals surface area contributed by atoms with Gasteiger partial charge in [-0.1, -0.05) is 187 Å². The van der Waals surface area contributed by atoms with Crippen LogP contribution in [0.3, 0.4) is 0 Å². The van der Waals surface area contributed by atoms with Crippen LogP contribution in [0.25, 0.3) is 0 Å². The van der Waals surface area contributed by atoms with Crippen LogP contribution in [0.1, 0.15) is 220 Å². The molecule has 0 saturated carbocycles. The zero-order valence-corrected chi connectivity index (χ0v) is 31.6. The smallest absolute Gasteiger partial charge is 0.136 e. The molecule has 1 atom stereocenters. The lowest BCUT2D eigenvalue weighted by Crippen LogP contribution is -2.34. The maximum absolute atomic E-state index is 13.2. The molecule has 1 saturated heterocycles. The second-order valence-corrected chi connectivity index (χ2v) is 15.5. The quantitative estimate of drug-likeness (QED) is 0.0532. The number of hydrogen-bond donors (Lipinski definition) is 0. The molecule has 1 aliphatic rings. The highest BCUT2D eigenvalue weighted by molar-refractivity contribution is 5.81. The van der Waals surface area contributed by atoms with Crippen molar-refractivity contribution < 1.29 is 4.79 Å². The number of likely N-dealkylation sites (tertiary alicyclic amines) is 1. The van der Waals surface area contributed by atoms with Crippen molar-refractivity contribution >= 4 is 5.78 Å². The molecule has 0 aliphatic carbocycles. The van der Waals surface area contributed by atoms with Crippen LogP contribution in [0.15, 0.2) is 12.2 Å². The first kappa shape index (κ1) is 42.4. The molecule has 0 amide bonds. The van der Waals surface area contributed by atoms with Gasteiger partial charge in [-0.2, -0.15) is 0 Å². The summed E-state index contributed by atoms with van der Waals surface area (Å²) in [4.78, 5) is 15.6. The average Bonchev–Trinajstić information content (AvgIpc) is 3.03. The van der Waals surface area contributed by atoms with Crippen LogP contribution >= 0.6 is 0 Å². The summed E-state index contributed by atoms with van der Waals surface area (Å²) in [6.07, 6.45) is 41.4. The highest BCUT2D eigenvalue weighted by Crippen LogP contribution is 2.28. The van der Waals surface area contributed by atoms with E-state index in [4.69, 9.17) is 0 Å². The second-order valence-electron chi connectivity index (χ2n) is 15.5. The Labute approximate surface area is 284 Å². The summed E-state index contributed by atoms with van der Waals surface area (Å²) in [6.45, 7) is 13.6. The van der Waals surface area contributed by atoms with Gasteiger partial charge in [0.15, 0.2) is 0 Å². The van der Waals surface area contributed by atoms with Crippen molar-refractivity contribution in [2.45, 2.75) is 220 Å². The third kappa shape index (κ3) is 25.1. The van der Waals surface area contributed by atoms with Gasteiger partial charge in [0.2, 0.25) is 0 Å². The summed E-state index contributed by atoms with van der Waals surface area (Å²) in [5, 5.41) is 0. The lowest BCUT2D eigenvalue weighted by Gasteiger charge is -2.29. The number of ketones is 1. The monoisotopic (exact) mass is 630 g/mol. The first-order chi connectivity index (χ1) is 22.0. The zero-order chi connectivity index (χ0) is 32.8. The van der Waals surface area contributed by atoms with Crippen molar-refractivity contribution in [2.75, 3.05) is 20.1 Å². The lowest BCUT2D eigenvalue weighted by molar-refractivity contribution is -0.125. The van der Waals surface area contributed by atoms with Crippen LogP contribution < -0.4 is 0 Å². The predicted octanol–water partition coefficient (Wildman–Crippen LogP) is 14.1. The van der Waals surface area contributed by atoms with Gasteiger partial charge in [-0.15, -0.1) is 0 Å². The summed E-state index contributed by atoms with van der Waals surface area (Å²) in [5.41, 5.74) is 1.51. The van der Waals surface area contributed by atoms with E-state index in [0.29, 0.717) is 17.6 Å². The van der Waals surface area contributed by atoms with Crippen LogP contribution in [0.5, 0.6) is 0 Å². The Morgan fingerprint density at radius 2 is 0.933 bits per heavy atom. The molecule has 0 N–H and O–H groups in total. The molecule has 0 aromatic rings. The van der Waals surface area contributed by atoms with Gasteiger partial charge < -0.3 is 4.90 Å². The number of allylic oxidation sites excluding steroid dienone is 1. The van der Waals surface area contributed by atoms with Crippen LogP contribution in [-0.2, 0) is 4.79 Å². The Kier molecular flexibility index (Phi) is 28.9. The van der Waals surface area contributed by atoms with Crippen LogP contribution in [-0.4, -0.2) is 30.8 Å². The SMILES string of the molecule is C=C(CCCCCCCCC(CCCCCCCCCC)CC(=O)C1CCN(C)CC1)CCCC(CCCCC)CCCCC. The topological polar surface area (TPSA) is 20.3 Å². The third-order valence-electron chi connectivity index (χ3n) is 11.1. The number of carbonyl (C=O) groups excluding carboxylic acids is 1. The van der Waals surface area contributed by atoms with Crippen LogP contribution in [0.2, 0.25) is 0 Å². The van der Waals surface area contributed by atoms with Crippen molar-refractivity contribution in [1.29, 1.82) is 0 Å². The van der Waals surface area contributed by atoms with Gasteiger partial charge in [-0.05, 0) is 70.5 Å². The van der Waals surface area contributed by atoms with Crippen molar-refractivity contribution in [3.05, 3.63) is 12.2 Å². The highest BCUT2D eigenvalue weighted by Gasteiger charge is 2.25. The molecular formula is C43H83NO. The van der Waals surface area contributed by atoms with Gasteiger partial charge >= 0.3 is 0 Å². The van der Waals surface area contributed by atoms with E-state index < -0.39 is 0 Å². The molecule has 1 fully saturated rings. The molecule has 0 spiro atoms. The predicted molar refractivity (Wildman–Crippen MR) is 202 cm³/mol. The van der Waals surface area contributed by atoms with E-state index in [9.17, 15) is 4.79 Å². The first-order valence-electron chi connectivity index (χ1n) is 20.9. The summed E-state index contributed by atoms with van der Waals surface area (Å²) in [6, 6.07) is 0. The molecule has 1 rings (SSSR count). The summed E-state index contributed by atoms with van der Waals surface area (Å²) in [7, 11) is 2.20. The Morgan fingerprint density at radius 3 is 1.47 bits per heavy atom. The Bertz CT molecular complexity index is 653. The maximum atomic E-state index is 13.2. The first-order valence-corrected chi connectivity index (χ1v) is 20.9. The molecular weight excluding hydrogens is 546 g/mol. The minimum atomic E-state index is 0.343. The number of hydrogen-bond acceptors (Lipinski definition) is 2. The fourth-order valence-corrected chi connectivity index (χ4v) is 7.78. The van der Waals surface area contributed by atoms with E-state index in [-0.39, 0.29) is 0 Å². The van der Waals surface area contributed by atoms with Gasteiger partial charge in [-0.3, -0.25) is 4.79 Å². The van der Waals surface area contributed by atoms with E-state index in [2.05, 4.69) is 39.3 Å². The molecule has 2 nitrogen and oxygen atoms in total. The number of piperidine rings is 1. The third-order valence-corrected chi connectivity index (χ3v) is 11.1. The van der Waals surface area contributed by atoms with Crippen molar-refractivity contribution in [3.63, 3.8) is 0 Å². The largest absolute Gasteiger partial charge is 0.306 e. The summed E-state index contributed by atoms with van der Waals surface area (Å²) < 4.78 is 0. The maximum Gasteiger partial charge on any atom is 0.136 e. The molecule has 1 unspecified atom stereocenters. The van der Waals surface area contributed by atoms with Crippen LogP contribution in [0, 0.1) is 17.8 Å². The van der Waals surface area contributed by atoms with Gasteiger partial charge in [0, 0.05) is 12.3 Å². The molecule has 45 heavy (non-hydrogen) atoms. The van der Waals surface area contributed by atoms with Gasteiger partial charge in [-0.25, -0.2) is 0 Å². The van der Waals surface area contributed by atoms with E-state index in [1.165, 1.54) is 185 Å². The molecule has 0 bridgehead atoms. The minimum absolute atomic E-state index is 0.343. The lowest BCUT2D eigenvalue weighted by atomic mass is 9.84. The zero-order valence-electron chi connectivity index (χ0n) is 31.6. The number of nitrogens with zero attached hydrogens (tertiary/aromatic N) is 1. The van der Waals surface area contributed by atoms with E-state index in [1.54, 1.807) is 0 Å². The number of rotatable bonds is 33. The Balaban J connectivity index is 2.21. The summed E-state index contributed by atoms with van der Waals surface area (Å²) in [5.74, 6) is 2.54. The van der Waals surface area contributed by atoms with Gasteiger partial charge in [0.25, 0.3) is 0 Å². The van der Waals surface area contributed by atoms with E-state index >= 15 is 0 Å². The molecule has 1 heterocycles. The molecule has 1 aliphatic heterocycles. The van der Waals surface area contributed by atoms with Crippen molar-refractivity contribution in [1.82, 2.24) is 4.90 Å². The molecule has 2 heteroatoms. The van der Waals surface area contributed by atoms with Crippen LogP contribution in [0.4, 0.5) is 0 Å². The molecule has 266 valence electrons. The summed E-state index contributed by atoms with van der Waals surface area (Å²) >= 11 is 0. The Morgan fingerprint density at radius 1 is 0.556 bits per heavy atom. The second kappa shape index (κ2) is 30.7. The fourth-order valence-electron chi connectivity index (χ4n) is 7.78. The van der Waals surface area contributed by atoms with Gasteiger partial charge in [0.1, 0.15) is 5.78 Å². The van der Waals surface area contributed by atoms with E-state index in [1.807, 2.05) is 0 Å². The number of Topliss-reactive ketones (excluding diaryl/α,β-unsaturated/α-hetero) is 1. The standard InChI is InChI=1S/C43H83NO/c1-6-9-12-13-14-15-19-24-31-41(38-43(45)42-34-36-44(5)37-35-42)32-25-20-17-16-18-23-27-39(4)28-26-33-40(29-21-10-7-2)30-22-11-8-3/h40-42H,4,6-38H2,1-3,5H3. The Hall–Kier alpha value is -0.630. The minimum Gasteiger partial charge on any atom is -0.306 e. The normalized spacial score (nSPS) is 15.2. The number of carbonyl (C=O) groups is 1. The highest BCUT2D eigenvalue weighted by atomic mass is 16.1. The molecule has 0 aromatic heterocycles. The van der Waals surface area contributed by atoms with E-state index in [0.717, 1.165) is 38.3 Å². The van der Waals surface area contributed by atoms with Crippen molar-refractivity contribution in [3.8, 4) is 0 Å². The number of unbranched alkanes of at least 4 members (excludes halogenated alkanes) is 16. The van der Waals surface area contributed by atoms with Crippen molar-refractivity contribution in [2.24, 2.45) is 17.8 Å². The fraction of sp³-hybridized carbons (Fsp3) is 0.930.